The van der Waals surface area contributed by atoms with Gasteiger partial charge in [0, 0.05) is 18.7 Å². The summed E-state index contributed by atoms with van der Waals surface area (Å²) in [7, 11) is 1.76. The number of nitrogens with zero attached hydrogens (tertiary/aromatic N) is 4. The van der Waals surface area contributed by atoms with Crippen LogP contribution in [0.3, 0.4) is 0 Å². The second kappa shape index (κ2) is 7.77. The topological polar surface area (TPSA) is 119 Å². The molecule has 8 nitrogen and oxygen atoms in total. The molecule has 9 heteroatoms. The molecule has 2 aromatic heterocycles. The van der Waals surface area contributed by atoms with Crippen LogP contribution in [0.2, 0.25) is 0 Å². The van der Waals surface area contributed by atoms with Gasteiger partial charge in [0.2, 0.25) is 0 Å². The predicted octanol–water partition coefficient (Wildman–Crippen LogP) is 2.69. The van der Waals surface area contributed by atoms with Crippen molar-refractivity contribution in [3.63, 3.8) is 0 Å². The first kappa shape index (κ1) is 22.0. The summed E-state index contributed by atoms with van der Waals surface area (Å²) in [6.07, 6.45) is 6.39. The van der Waals surface area contributed by atoms with Crippen molar-refractivity contribution >= 4 is 5.91 Å². The van der Waals surface area contributed by atoms with E-state index in [0.29, 0.717) is 35.6 Å². The van der Waals surface area contributed by atoms with Crippen LogP contribution in [0.15, 0.2) is 24.7 Å². The Labute approximate surface area is 201 Å². The molecule has 1 aromatic carbocycles. The number of rotatable bonds is 3. The second-order valence-corrected chi connectivity index (χ2v) is 9.97. The third kappa shape index (κ3) is 3.39. The molecule has 7 rings (SSSR count). The maximum Gasteiger partial charge on any atom is 0.269 e. The number of aryl methyl sites for hydroxylation is 1. The SMILES string of the molecule is Cn1cncc1C(O)c1c(C(N)=O)nc2n1C1CC(C1)c1cc(F)c(C#CC3(O)CCCC3)cc1-2. The van der Waals surface area contributed by atoms with Crippen LogP contribution in [0.25, 0.3) is 11.4 Å². The van der Waals surface area contributed by atoms with Crippen LogP contribution in [0.5, 0.6) is 0 Å². The van der Waals surface area contributed by atoms with Crippen molar-refractivity contribution < 1.29 is 19.4 Å². The maximum absolute atomic E-state index is 15.1. The molecule has 3 aromatic rings. The van der Waals surface area contributed by atoms with E-state index < -0.39 is 23.4 Å². The number of imidazole rings is 2. The number of aliphatic hydroxyl groups is 2. The standard InChI is InChI=1S/C26H26FN5O3/c1-31-13-29-12-20(31)23(33)22-21(24(28)34)30-25-18-10-14(4-7-26(35)5-2-3-6-26)19(27)11-17(18)15-8-16(9-15)32(22)25/h10-13,15-16,23,33,35H,2-3,5-6,8-9H2,1H3,(H2,28,34). The number of hydrogen-bond donors (Lipinski definition) is 3. The van der Waals surface area contributed by atoms with E-state index in [1.807, 2.05) is 4.57 Å². The van der Waals surface area contributed by atoms with E-state index in [1.54, 1.807) is 30.2 Å². The smallest absolute Gasteiger partial charge is 0.269 e. The van der Waals surface area contributed by atoms with Crippen molar-refractivity contribution in [1.29, 1.82) is 0 Å². The number of hydrogen-bond acceptors (Lipinski definition) is 5. The van der Waals surface area contributed by atoms with Gasteiger partial charge in [-0.3, -0.25) is 4.79 Å². The molecule has 0 spiro atoms. The van der Waals surface area contributed by atoms with Crippen molar-refractivity contribution in [2.24, 2.45) is 12.8 Å². The number of benzene rings is 1. The molecule has 1 amide bonds. The first-order valence-corrected chi connectivity index (χ1v) is 11.9. The summed E-state index contributed by atoms with van der Waals surface area (Å²) in [5.74, 6) is 5.16. The van der Waals surface area contributed by atoms with Crippen molar-refractivity contribution in [3.05, 3.63) is 58.7 Å². The Morgan fingerprint density at radius 1 is 1.31 bits per heavy atom. The average Bonchev–Trinajstić information content (AvgIpc) is 3.48. The molecule has 0 radical (unpaired) electrons. The zero-order valence-electron chi connectivity index (χ0n) is 19.3. The van der Waals surface area contributed by atoms with Crippen LogP contribution in [-0.4, -0.2) is 40.8 Å². The summed E-state index contributed by atoms with van der Waals surface area (Å²) in [5.41, 5.74) is 7.09. The number of aliphatic hydroxyl groups excluding tert-OH is 1. The summed E-state index contributed by atoms with van der Waals surface area (Å²) in [6.45, 7) is 0. The van der Waals surface area contributed by atoms with Gasteiger partial charge < -0.3 is 25.1 Å². The summed E-state index contributed by atoms with van der Waals surface area (Å²) in [6, 6.07) is 3.16. The highest BCUT2D eigenvalue weighted by Crippen LogP contribution is 2.54. The van der Waals surface area contributed by atoms with E-state index in [-0.39, 0.29) is 23.2 Å². The lowest BCUT2D eigenvalue weighted by Gasteiger charge is -2.36. The van der Waals surface area contributed by atoms with Crippen LogP contribution >= 0.6 is 0 Å². The van der Waals surface area contributed by atoms with Gasteiger partial charge in [0.1, 0.15) is 23.3 Å². The molecule has 2 fully saturated rings. The van der Waals surface area contributed by atoms with Crippen molar-refractivity contribution in [1.82, 2.24) is 19.1 Å². The van der Waals surface area contributed by atoms with Gasteiger partial charge in [-0.25, -0.2) is 14.4 Å². The third-order valence-corrected chi connectivity index (χ3v) is 7.73. The van der Waals surface area contributed by atoms with Gasteiger partial charge in [0.15, 0.2) is 5.69 Å². The van der Waals surface area contributed by atoms with E-state index in [0.717, 1.165) is 31.2 Å². The molecule has 2 saturated carbocycles. The van der Waals surface area contributed by atoms with Gasteiger partial charge in [-0.05, 0) is 62.1 Å². The molecule has 35 heavy (non-hydrogen) atoms. The third-order valence-electron chi connectivity index (χ3n) is 7.73. The molecule has 1 unspecified atom stereocenters. The number of carbonyl (C=O) groups is 1. The Bertz CT molecular complexity index is 1420. The van der Waals surface area contributed by atoms with Gasteiger partial charge in [0.05, 0.1) is 29.5 Å². The fraction of sp³-hybridized carbons (Fsp3) is 0.423. The minimum Gasteiger partial charge on any atom is -0.380 e. The van der Waals surface area contributed by atoms with Crippen LogP contribution in [-0.2, 0) is 7.05 Å². The summed E-state index contributed by atoms with van der Waals surface area (Å²) in [5, 5.41) is 21.9. The minimum atomic E-state index is -1.16. The zero-order chi connectivity index (χ0) is 24.5. The number of halogens is 1. The van der Waals surface area contributed by atoms with E-state index in [1.165, 1.54) is 6.07 Å². The number of carbonyl (C=O) groups excluding carboxylic acids is 1. The summed E-state index contributed by atoms with van der Waals surface area (Å²) >= 11 is 0. The quantitative estimate of drug-likeness (QED) is 0.503. The first-order chi connectivity index (χ1) is 16.8. The molecular formula is C26H26FN5O3. The lowest BCUT2D eigenvalue weighted by atomic mass is 9.75. The van der Waals surface area contributed by atoms with Gasteiger partial charge in [-0.2, -0.15) is 0 Å². The molecule has 1 atom stereocenters. The first-order valence-electron chi connectivity index (χ1n) is 11.9. The maximum atomic E-state index is 15.1. The molecular weight excluding hydrogens is 449 g/mol. The Morgan fingerprint density at radius 3 is 2.71 bits per heavy atom. The minimum absolute atomic E-state index is 0.00215. The molecule has 2 aliphatic heterocycles. The fourth-order valence-electron chi connectivity index (χ4n) is 5.76. The monoisotopic (exact) mass is 475 g/mol. The second-order valence-electron chi connectivity index (χ2n) is 9.97. The van der Waals surface area contributed by atoms with Crippen LogP contribution in [0.4, 0.5) is 4.39 Å². The Morgan fingerprint density at radius 2 is 2.06 bits per heavy atom. The normalized spacial score (nSPS) is 22.3. The van der Waals surface area contributed by atoms with Gasteiger partial charge in [-0.1, -0.05) is 11.8 Å². The van der Waals surface area contributed by atoms with Gasteiger partial charge >= 0.3 is 0 Å². The van der Waals surface area contributed by atoms with Crippen LogP contribution in [0.1, 0.15) is 89.6 Å². The predicted molar refractivity (Wildman–Crippen MR) is 125 cm³/mol. The Balaban J connectivity index is 1.54. The zero-order valence-corrected chi connectivity index (χ0v) is 19.3. The molecule has 2 aliphatic carbocycles. The number of amides is 1. The van der Waals surface area contributed by atoms with E-state index in [9.17, 15) is 15.0 Å². The van der Waals surface area contributed by atoms with Crippen molar-refractivity contribution in [2.75, 3.05) is 0 Å². The van der Waals surface area contributed by atoms with Gasteiger partial charge in [0.25, 0.3) is 5.91 Å². The highest BCUT2D eigenvalue weighted by atomic mass is 19.1. The Hall–Kier alpha value is -3.48. The summed E-state index contributed by atoms with van der Waals surface area (Å²) < 4.78 is 18.7. The lowest BCUT2D eigenvalue weighted by Crippen LogP contribution is -2.27. The molecule has 180 valence electrons. The van der Waals surface area contributed by atoms with Crippen LogP contribution < -0.4 is 5.73 Å². The molecule has 2 bridgehead atoms. The molecule has 0 saturated heterocycles. The molecule has 4 N–H and O–H groups in total. The number of aromatic nitrogens is 4. The van der Waals surface area contributed by atoms with Gasteiger partial charge in [-0.15, -0.1) is 0 Å². The highest BCUT2D eigenvalue weighted by molar-refractivity contribution is 5.93. The van der Waals surface area contributed by atoms with Crippen molar-refractivity contribution in [2.45, 2.75) is 62.2 Å². The average molecular weight is 476 g/mol. The molecule has 4 aliphatic rings. The largest absolute Gasteiger partial charge is 0.380 e. The van der Waals surface area contributed by atoms with E-state index >= 15 is 4.39 Å². The van der Waals surface area contributed by atoms with E-state index in [4.69, 9.17) is 5.73 Å². The van der Waals surface area contributed by atoms with E-state index in [2.05, 4.69) is 21.8 Å². The number of primary amides is 1. The highest BCUT2D eigenvalue weighted by Gasteiger charge is 2.43. The number of nitrogens with two attached hydrogens (primary N) is 1. The summed E-state index contributed by atoms with van der Waals surface area (Å²) in [4.78, 5) is 21.1. The van der Waals surface area contributed by atoms with Crippen LogP contribution in [0, 0.1) is 17.7 Å². The molecule has 4 heterocycles. The van der Waals surface area contributed by atoms with Crippen molar-refractivity contribution in [3.8, 4) is 23.2 Å². The lowest BCUT2D eigenvalue weighted by molar-refractivity contribution is 0.0988. The Kier molecular flexibility index (Phi) is 4.88. The fourth-order valence-corrected chi connectivity index (χ4v) is 5.76.